The molecule has 0 radical (unpaired) electrons. The highest BCUT2D eigenvalue weighted by Gasteiger charge is 2.32. The summed E-state index contributed by atoms with van der Waals surface area (Å²) in [5.74, 6) is -0.559. The number of piperidine rings is 1. The molecule has 0 aliphatic carbocycles. The van der Waals surface area contributed by atoms with E-state index < -0.39 is 39.0 Å². The van der Waals surface area contributed by atoms with E-state index in [-0.39, 0.29) is 6.10 Å². The number of hydrogen-bond acceptors (Lipinski definition) is 6. The molecule has 1 fully saturated rings. The number of nitrogens with one attached hydrogen (secondary N) is 1. The lowest BCUT2D eigenvalue weighted by Gasteiger charge is -2.32. The van der Waals surface area contributed by atoms with Crippen LogP contribution in [0.1, 0.15) is 54.4 Å². The molecular formula is C16H30N2O6S. The molecule has 25 heavy (non-hydrogen) atoms. The molecule has 1 saturated heterocycles. The molecule has 9 heteroatoms. The minimum Gasteiger partial charge on any atom is -0.461 e. The number of amides is 1. The van der Waals surface area contributed by atoms with Gasteiger partial charge >= 0.3 is 12.1 Å². The number of alkyl carbamates (subject to hydrolysis) is 1. The predicted octanol–water partition coefficient (Wildman–Crippen LogP) is 1.65. The Balaban J connectivity index is 2.45. The van der Waals surface area contributed by atoms with E-state index in [2.05, 4.69) is 5.32 Å². The summed E-state index contributed by atoms with van der Waals surface area (Å²) in [6, 6.07) is -0.840. The van der Waals surface area contributed by atoms with Crippen molar-refractivity contribution in [1.29, 1.82) is 0 Å². The predicted molar refractivity (Wildman–Crippen MR) is 93.6 cm³/mol. The van der Waals surface area contributed by atoms with Gasteiger partial charge in [0, 0.05) is 13.1 Å². The van der Waals surface area contributed by atoms with Gasteiger partial charge in [0.15, 0.2) is 0 Å². The first-order valence-corrected chi connectivity index (χ1v) is 10.0. The Morgan fingerprint density at radius 3 is 2.08 bits per heavy atom. The van der Waals surface area contributed by atoms with E-state index in [0.717, 1.165) is 0 Å². The van der Waals surface area contributed by atoms with Crippen molar-refractivity contribution in [2.45, 2.75) is 77.4 Å². The summed E-state index contributed by atoms with van der Waals surface area (Å²) in [4.78, 5) is 23.7. The zero-order valence-corrected chi connectivity index (χ0v) is 16.7. The number of rotatable bonds is 5. The van der Waals surface area contributed by atoms with E-state index in [1.165, 1.54) is 11.2 Å². The summed E-state index contributed by atoms with van der Waals surface area (Å²) in [5, 5.41) is 1.96. The fourth-order valence-electron chi connectivity index (χ4n) is 2.31. The average molecular weight is 378 g/mol. The smallest absolute Gasteiger partial charge is 0.408 e. The highest BCUT2D eigenvalue weighted by molar-refractivity contribution is 7.89. The maximum absolute atomic E-state index is 12.1. The van der Waals surface area contributed by atoms with Crippen LogP contribution in [0.4, 0.5) is 4.79 Å². The summed E-state index contributed by atoms with van der Waals surface area (Å²) in [6.07, 6.45) is -0.156. The summed E-state index contributed by atoms with van der Waals surface area (Å²) < 4.78 is 36.1. The second-order valence-corrected chi connectivity index (χ2v) is 9.99. The highest BCUT2D eigenvalue weighted by Crippen LogP contribution is 2.19. The van der Waals surface area contributed by atoms with Crippen LogP contribution < -0.4 is 5.32 Å². The standard InChI is InChI=1S/C16H30N2O6S/c1-11(2)25(21,22)18-9-7-13(8-10-18)23-14(19)12(3)17-15(20)24-16(4,5)6/h11-13H,7-10H2,1-6H3,(H,17,20)/t12-/m0/s1. The molecule has 0 spiro atoms. The Kier molecular flexibility index (Phi) is 7.25. The van der Waals surface area contributed by atoms with Crippen molar-refractivity contribution in [2.24, 2.45) is 0 Å². The molecule has 146 valence electrons. The van der Waals surface area contributed by atoms with Crippen LogP contribution in [0, 0.1) is 0 Å². The van der Waals surface area contributed by atoms with Gasteiger partial charge in [0.2, 0.25) is 10.0 Å². The molecule has 0 aromatic carbocycles. The molecule has 1 aliphatic heterocycles. The quantitative estimate of drug-likeness (QED) is 0.730. The number of esters is 1. The van der Waals surface area contributed by atoms with Gasteiger partial charge in [-0.25, -0.2) is 22.3 Å². The first kappa shape index (κ1) is 21.7. The van der Waals surface area contributed by atoms with Crippen molar-refractivity contribution in [2.75, 3.05) is 13.1 Å². The first-order chi connectivity index (χ1) is 11.3. The van der Waals surface area contributed by atoms with Crippen LogP contribution in [-0.2, 0) is 24.3 Å². The molecule has 0 bridgehead atoms. The lowest BCUT2D eigenvalue weighted by molar-refractivity contribution is -0.152. The van der Waals surface area contributed by atoms with Gasteiger partial charge in [0.25, 0.3) is 0 Å². The van der Waals surface area contributed by atoms with Gasteiger partial charge < -0.3 is 14.8 Å². The second kappa shape index (κ2) is 8.35. The third-order valence-corrected chi connectivity index (χ3v) is 6.00. The van der Waals surface area contributed by atoms with Crippen molar-refractivity contribution < 1.29 is 27.5 Å². The van der Waals surface area contributed by atoms with E-state index in [4.69, 9.17) is 9.47 Å². The molecule has 1 atom stereocenters. The number of hydrogen-bond donors (Lipinski definition) is 1. The summed E-state index contributed by atoms with van der Waals surface area (Å²) in [6.45, 7) is 10.7. The topological polar surface area (TPSA) is 102 Å². The van der Waals surface area contributed by atoms with Crippen LogP contribution in [0.2, 0.25) is 0 Å². The van der Waals surface area contributed by atoms with Gasteiger partial charge in [-0.15, -0.1) is 0 Å². The monoisotopic (exact) mass is 378 g/mol. The van der Waals surface area contributed by atoms with Crippen LogP contribution >= 0.6 is 0 Å². The molecule has 1 rings (SSSR count). The number of nitrogens with zero attached hydrogens (tertiary/aromatic N) is 1. The Morgan fingerprint density at radius 1 is 1.12 bits per heavy atom. The SMILES string of the molecule is CC(C)S(=O)(=O)N1CCC(OC(=O)[C@H](C)NC(=O)OC(C)(C)C)CC1. The van der Waals surface area contributed by atoms with Gasteiger partial charge in [-0.2, -0.15) is 0 Å². The maximum atomic E-state index is 12.1. The van der Waals surface area contributed by atoms with Gasteiger partial charge in [0.05, 0.1) is 5.25 Å². The lowest BCUT2D eigenvalue weighted by atomic mass is 10.1. The van der Waals surface area contributed by atoms with Crippen molar-refractivity contribution in [3.63, 3.8) is 0 Å². The molecule has 0 saturated carbocycles. The van der Waals surface area contributed by atoms with Crippen molar-refractivity contribution in [1.82, 2.24) is 9.62 Å². The second-order valence-electron chi connectivity index (χ2n) is 7.50. The summed E-state index contributed by atoms with van der Waals surface area (Å²) in [7, 11) is -3.28. The van der Waals surface area contributed by atoms with E-state index in [0.29, 0.717) is 25.9 Å². The maximum Gasteiger partial charge on any atom is 0.408 e. The molecule has 0 aromatic heterocycles. The molecule has 0 unspecified atom stereocenters. The molecule has 0 aromatic rings. The lowest BCUT2D eigenvalue weighted by Crippen LogP contribution is -2.46. The van der Waals surface area contributed by atoms with E-state index >= 15 is 0 Å². The van der Waals surface area contributed by atoms with Crippen LogP contribution in [0.3, 0.4) is 0 Å². The number of sulfonamides is 1. The van der Waals surface area contributed by atoms with E-state index in [1.54, 1.807) is 34.6 Å². The third kappa shape index (κ3) is 6.81. The van der Waals surface area contributed by atoms with Crippen LogP contribution in [-0.4, -0.2) is 60.9 Å². The normalized spacial score (nSPS) is 18.7. The molecule has 1 amide bonds. The fourth-order valence-corrected chi connectivity index (χ4v) is 3.63. The zero-order chi connectivity index (χ0) is 19.4. The third-order valence-electron chi connectivity index (χ3n) is 3.73. The van der Waals surface area contributed by atoms with Gasteiger partial charge in [-0.05, 0) is 54.4 Å². The van der Waals surface area contributed by atoms with Crippen LogP contribution in [0.5, 0.6) is 0 Å². The van der Waals surface area contributed by atoms with Crippen molar-refractivity contribution >= 4 is 22.1 Å². The van der Waals surface area contributed by atoms with Crippen molar-refractivity contribution in [3.05, 3.63) is 0 Å². The summed E-state index contributed by atoms with van der Waals surface area (Å²) in [5.41, 5.74) is -0.650. The minimum absolute atomic E-state index is 0.326. The van der Waals surface area contributed by atoms with Gasteiger partial charge in [-0.3, -0.25) is 0 Å². The number of carbonyl (C=O) groups excluding carboxylic acids is 2. The number of carbonyl (C=O) groups is 2. The molecule has 1 aliphatic rings. The van der Waals surface area contributed by atoms with Crippen LogP contribution in [0.15, 0.2) is 0 Å². The first-order valence-electron chi connectivity index (χ1n) is 8.52. The average Bonchev–Trinajstić information content (AvgIpc) is 2.45. The minimum atomic E-state index is -3.28. The van der Waals surface area contributed by atoms with Gasteiger partial charge in [0.1, 0.15) is 17.7 Å². The van der Waals surface area contributed by atoms with Crippen LogP contribution in [0.25, 0.3) is 0 Å². The molecular weight excluding hydrogens is 348 g/mol. The van der Waals surface area contributed by atoms with Gasteiger partial charge in [-0.1, -0.05) is 0 Å². The molecule has 1 heterocycles. The Morgan fingerprint density at radius 2 is 1.64 bits per heavy atom. The molecule has 1 N–H and O–H groups in total. The highest BCUT2D eigenvalue weighted by atomic mass is 32.2. The molecule has 8 nitrogen and oxygen atoms in total. The van der Waals surface area contributed by atoms with E-state index in [9.17, 15) is 18.0 Å². The number of ether oxygens (including phenoxy) is 2. The Hall–Kier alpha value is -1.35. The fraction of sp³-hybridized carbons (Fsp3) is 0.875. The summed E-state index contributed by atoms with van der Waals surface area (Å²) >= 11 is 0. The van der Waals surface area contributed by atoms with E-state index in [1.807, 2.05) is 0 Å². The van der Waals surface area contributed by atoms with Crippen molar-refractivity contribution in [3.8, 4) is 0 Å². The zero-order valence-electron chi connectivity index (χ0n) is 15.9. The largest absolute Gasteiger partial charge is 0.461 e. The Labute approximate surface area is 150 Å². The Bertz CT molecular complexity index is 574.